The van der Waals surface area contributed by atoms with Gasteiger partial charge in [-0.15, -0.1) is 0 Å². The van der Waals surface area contributed by atoms with Gasteiger partial charge in [0.15, 0.2) is 11.6 Å². The Bertz CT molecular complexity index is 624. The van der Waals surface area contributed by atoms with Crippen molar-refractivity contribution in [3.8, 4) is 11.5 Å². The first-order valence-corrected chi connectivity index (χ1v) is 5.38. The Morgan fingerprint density at radius 3 is 2.42 bits per heavy atom. The van der Waals surface area contributed by atoms with Crippen LogP contribution in [0.25, 0.3) is 0 Å². The molecular formula is C14H9F2NO2. The molecule has 0 bridgehead atoms. The van der Waals surface area contributed by atoms with Crippen LogP contribution in [0.5, 0.6) is 11.5 Å². The largest absolute Gasteiger partial charge is 0.454 e. The Morgan fingerprint density at radius 2 is 1.79 bits per heavy atom. The molecule has 19 heavy (non-hydrogen) atoms. The maximum absolute atomic E-state index is 13.5. The zero-order valence-electron chi connectivity index (χ0n) is 9.69. The SMILES string of the molecule is N=CC(=O)c1ccc(F)c(Oc2ccc(F)cc2)c1. The molecular weight excluding hydrogens is 252 g/mol. The van der Waals surface area contributed by atoms with Crippen LogP contribution in [0.3, 0.4) is 0 Å². The Kier molecular flexibility index (Phi) is 3.66. The number of carbonyl (C=O) groups excluding carboxylic acids is 1. The minimum atomic E-state index is -0.647. The molecule has 0 saturated heterocycles. The van der Waals surface area contributed by atoms with Crippen LogP contribution in [-0.2, 0) is 0 Å². The van der Waals surface area contributed by atoms with Crippen LogP contribution in [0.15, 0.2) is 42.5 Å². The molecule has 96 valence electrons. The van der Waals surface area contributed by atoms with E-state index < -0.39 is 17.4 Å². The molecule has 0 aliphatic heterocycles. The maximum atomic E-state index is 13.5. The number of hydrogen-bond donors (Lipinski definition) is 1. The zero-order chi connectivity index (χ0) is 13.8. The van der Waals surface area contributed by atoms with E-state index in [0.717, 1.165) is 6.07 Å². The predicted molar refractivity (Wildman–Crippen MR) is 66.0 cm³/mol. The first-order chi connectivity index (χ1) is 9.10. The van der Waals surface area contributed by atoms with Gasteiger partial charge in [0.05, 0.1) is 6.21 Å². The standard InChI is InChI=1S/C14H9F2NO2/c15-10-2-4-11(5-3-10)19-14-7-9(13(18)8-17)1-6-12(14)16/h1-8,17H. The second kappa shape index (κ2) is 5.39. The molecule has 0 spiro atoms. The minimum Gasteiger partial charge on any atom is -0.454 e. The summed E-state index contributed by atoms with van der Waals surface area (Å²) in [4.78, 5) is 11.3. The average molecular weight is 261 g/mol. The van der Waals surface area contributed by atoms with Gasteiger partial charge in [0.2, 0.25) is 5.78 Å². The van der Waals surface area contributed by atoms with Crippen LogP contribution in [0.2, 0.25) is 0 Å². The van der Waals surface area contributed by atoms with Crippen molar-refractivity contribution >= 4 is 12.0 Å². The van der Waals surface area contributed by atoms with Gasteiger partial charge in [-0.3, -0.25) is 4.79 Å². The number of ketones is 1. The number of benzene rings is 2. The fraction of sp³-hybridized carbons (Fsp3) is 0. The molecule has 0 aromatic heterocycles. The second-order valence-electron chi connectivity index (χ2n) is 3.71. The maximum Gasteiger partial charge on any atom is 0.203 e. The molecule has 0 fully saturated rings. The summed E-state index contributed by atoms with van der Waals surface area (Å²) >= 11 is 0. The van der Waals surface area contributed by atoms with Gasteiger partial charge in [-0.2, -0.15) is 0 Å². The molecule has 3 nitrogen and oxygen atoms in total. The number of nitrogens with one attached hydrogen (secondary N) is 1. The zero-order valence-corrected chi connectivity index (χ0v) is 9.69. The van der Waals surface area contributed by atoms with Gasteiger partial charge in [0.25, 0.3) is 0 Å². The first-order valence-electron chi connectivity index (χ1n) is 5.38. The van der Waals surface area contributed by atoms with Gasteiger partial charge in [-0.25, -0.2) is 8.78 Å². The lowest BCUT2D eigenvalue weighted by Gasteiger charge is -2.07. The van der Waals surface area contributed by atoms with Crippen molar-refractivity contribution in [3.05, 3.63) is 59.7 Å². The lowest BCUT2D eigenvalue weighted by molar-refractivity contribution is 0.107. The summed E-state index contributed by atoms with van der Waals surface area (Å²) in [5.41, 5.74) is 0.147. The Morgan fingerprint density at radius 1 is 1.11 bits per heavy atom. The Balaban J connectivity index is 2.31. The number of ether oxygens (including phenoxy) is 1. The van der Waals surface area contributed by atoms with Crippen LogP contribution in [-0.4, -0.2) is 12.0 Å². The number of rotatable bonds is 4. The summed E-state index contributed by atoms with van der Waals surface area (Å²) in [5, 5.41) is 6.86. The third-order valence-electron chi connectivity index (χ3n) is 2.39. The van der Waals surface area contributed by atoms with E-state index in [9.17, 15) is 13.6 Å². The highest BCUT2D eigenvalue weighted by molar-refractivity contribution is 6.34. The summed E-state index contributed by atoms with van der Waals surface area (Å²) < 4.78 is 31.5. The molecule has 2 aromatic rings. The topological polar surface area (TPSA) is 50.2 Å². The predicted octanol–water partition coefficient (Wildman–Crippen LogP) is 3.59. The van der Waals surface area contributed by atoms with E-state index in [1.807, 2.05) is 0 Å². The van der Waals surface area contributed by atoms with Crippen LogP contribution >= 0.6 is 0 Å². The average Bonchev–Trinajstić information content (AvgIpc) is 2.43. The van der Waals surface area contributed by atoms with E-state index in [-0.39, 0.29) is 17.1 Å². The van der Waals surface area contributed by atoms with Crippen LogP contribution < -0.4 is 4.74 Å². The van der Waals surface area contributed by atoms with E-state index >= 15 is 0 Å². The lowest BCUT2D eigenvalue weighted by atomic mass is 10.1. The molecule has 5 heteroatoms. The molecule has 2 aromatic carbocycles. The molecule has 0 radical (unpaired) electrons. The summed E-state index contributed by atoms with van der Waals surface area (Å²) in [5.74, 6) is -1.53. The Hall–Kier alpha value is -2.56. The summed E-state index contributed by atoms with van der Waals surface area (Å²) in [6, 6.07) is 8.60. The third kappa shape index (κ3) is 3.01. The highest BCUT2D eigenvalue weighted by Crippen LogP contribution is 2.25. The fourth-order valence-electron chi connectivity index (χ4n) is 1.45. The first kappa shape index (κ1) is 12.9. The van der Waals surface area contributed by atoms with Gasteiger partial charge in [-0.05, 0) is 42.5 Å². The minimum absolute atomic E-state index is 0.147. The molecule has 2 rings (SSSR count). The molecule has 1 N–H and O–H groups in total. The normalized spacial score (nSPS) is 10.0. The lowest BCUT2D eigenvalue weighted by Crippen LogP contribution is -2.00. The number of hydrogen-bond acceptors (Lipinski definition) is 3. The van der Waals surface area contributed by atoms with Crippen LogP contribution in [0.4, 0.5) is 8.78 Å². The van der Waals surface area contributed by atoms with Crippen molar-refractivity contribution in [1.29, 1.82) is 5.41 Å². The monoisotopic (exact) mass is 261 g/mol. The molecule has 0 atom stereocenters. The van der Waals surface area contributed by atoms with Crippen molar-refractivity contribution in [2.24, 2.45) is 0 Å². The van der Waals surface area contributed by atoms with Crippen molar-refractivity contribution in [3.63, 3.8) is 0 Å². The van der Waals surface area contributed by atoms with Gasteiger partial charge >= 0.3 is 0 Å². The molecule has 0 unspecified atom stereocenters. The molecule has 0 amide bonds. The van der Waals surface area contributed by atoms with E-state index in [1.54, 1.807) is 0 Å². The third-order valence-corrected chi connectivity index (χ3v) is 2.39. The molecule has 0 aliphatic rings. The van der Waals surface area contributed by atoms with Crippen LogP contribution in [0, 0.1) is 17.0 Å². The van der Waals surface area contributed by atoms with Gasteiger partial charge in [0.1, 0.15) is 11.6 Å². The summed E-state index contributed by atoms with van der Waals surface area (Å²) in [7, 11) is 0. The van der Waals surface area contributed by atoms with E-state index in [2.05, 4.69) is 0 Å². The number of halogens is 2. The van der Waals surface area contributed by atoms with E-state index in [1.165, 1.54) is 36.4 Å². The van der Waals surface area contributed by atoms with Gasteiger partial charge in [0, 0.05) is 5.56 Å². The van der Waals surface area contributed by atoms with Crippen molar-refractivity contribution in [2.45, 2.75) is 0 Å². The van der Waals surface area contributed by atoms with E-state index in [4.69, 9.17) is 10.1 Å². The number of Topliss-reactive ketones (excluding diaryl/α,β-unsaturated/α-hetero) is 1. The quantitative estimate of drug-likeness (QED) is 0.675. The molecule has 0 saturated carbocycles. The fourth-order valence-corrected chi connectivity index (χ4v) is 1.45. The number of carbonyl (C=O) groups is 1. The smallest absolute Gasteiger partial charge is 0.203 e. The highest BCUT2D eigenvalue weighted by Gasteiger charge is 2.10. The van der Waals surface area contributed by atoms with Crippen LogP contribution in [0.1, 0.15) is 10.4 Å². The Labute approximate surface area is 108 Å². The molecule has 0 heterocycles. The molecule has 0 aliphatic carbocycles. The van der Waals surface area contributed by atoms with E-state index in [0.29, 0.717) is 6.21 Å². The second-order valence-corrected chi connectivity index (χ2v) is 3.71. The summed E-state index contributed by atoms with van der Waals surface area (Å²) in [6.07, 6.45) is 0.634. The highest BCUT2D eigenvalue weighted by atomic mass is 19.1. The van der Waals surface area contributed by atoms with Gasteiger partial charge in [-0.1, -0.05) is 0 Å². The van der Waals surface area contributed by atoms with Crippen molar-refractivity contribution in [2.75, 3.05) is 0 Å². The van der Waals surface area contributed by atoms with Gasteiger partial charge < -0.3 is 10.1 Å². The summed E-state index contributed by atoms with van der Waals surface area (Å²) in [6.45, 7) is 0. The van der Waals surface area contributed by atoms with Crippen molar-refractivity contribution < 1.29 is 18.3 Å². The van der Waals surface area contributed by atoms with Crippen molar-refractivity contribution in [1.82, 2.24) is 0 Å².